The Labute approximate surface area is 224 Å². The topological polar surface area (TPSA) is 119 Å². The smallest absolute Gasteiger partial charge is 0.790 e. The SMILES string of the molecule is O=c1c2ccc(Cl)cc2nc(Nc2cc(Cl)cc(Cl)c2)n1COP(=O)([O-])[O-].[Na+].[Na+]. The Balaban J connectivity index is 0.00000210. The van der Waals surface area contributed by atoms with Crippen molar-refractivity contribution in [1.29, 1.82) is 0 Å². The van der Waals surface area contributed by atoms with E-state index in [-0.39, 0.29) is 76.0 Å². The van der Waals surface area contributed by atoms with Crippen molar-refractivity contribution in [3.63, 3.8) is 0 Å². The van der Waals surface area contributed by atoms with E-state index in [4.69, 9.17) is 34.8 Å². The average molecular weight is 495 g/mol. The number of anilines is 2. The van der Waals surface area contributed by atoms with Crippen molar-refractivity contribution in [3.8, 4) is 0 Å². The molecule has 3 rings (SSSR count). The monoisotopic (exact) mass is 493 g/mol. The van der Waals surface area contributed by atoms with Gasteiger partial charge in [0.05, 0.1) is 18.7 Å². The number of halogens is 3. The number of phosphoric ester groups is 1. The Morgan fingerprint density at radius 2 is 1.66 bits per heavy atom. The molecule has 0 saturated carbocycles. The van der Waals surface area contributed by atoms with E-state index < -0.39 is 20.1 Å². The zero-order valence-electron chi connectivity index (χ0n) is 15.2. The molecule has 0 bridgehead atoms. The number of fused-ring (bicyclic) bond motifs is 1. The van der Waals surface area contributed by atoms with Crippen LogP contribution in [0.2, 0.25) is 15.1 Å². The summed E-state index contributed by atoms with van der Waals surface area (Å²) in [5.74, 6) is -0.0958. The van der Waals surface area contributed by atoms with Gasteiger partial charge in [0.1, 0.15) is 6.73 Å². The van der Waals surface area contributed by atoms with Crippen molar-refractivity contribution < 1.29 is 78.0 Å². The molecule has 0 fully saturated rings. The third-order valence-corrected chi connectivity index (χ3v) is 4.48. The first-order chi connectivity index (χ1) is 12.6. The second-order valence-corrected chi connectivity index (χ2v) is 7.78. The van der Waals surface area contributed by atoms with Gasteiger partial charge in [0.2, 0.25) is 5.95 Å². The van der Waals surface area contributed by atoms with E-state index in [0.717, 1.165) is 4.57 Å². The third-order valence-electron chi connectivity index (χ3n) is 3.38. The molecule has 14 heteroatoms. The van der Waals surface area contributed by atoms with Crippen LogP contribution in [0, 0.1) is 0 Å². The Kier molecular flexibility index (Phi) is 10.7. The molecule has 2 aromatic carbocycles. The van der Waals surface area contributed by atoms with Crippen LogP contribution in [0.5, 0.6) is 0 Å². The van der Waals surface area contributed by atoms with Gasteiger partial charge in [-0.2, -0.15) is 0 Å². The number of nitrogens with zero attached hydrogens (tertiary/aromatic N) is 2. The van der Waals surface area contributed by atoms with Gasteiger partial charge in [-0.1, -0.05) is 34.8 Å². The van der Waals surface area contributed by atoms with E-state index in [9.17, 15) is 19.1 Å². The molecule has 8 nitrogen and oxygen atoms in total. The van der Waals surface area contributed by atoms with Crippen LogP contribution in [0.25, 0.3) is 10.9 Å². The molecule has 29 heavy (non-hydrogen) atoms. The second kappa shape index (κ2) is 11.3. The summed E-state index contributed by atoms with van der Waals surface area (Å²) in [6.45, 7) is -0.856. The fourth-order valence-corrected chi connectivity index (χ4v) is 3.24. The van der Waals surface area contributed by atoms with E-state index in [2.05, 4.69) is 14.8 Å². The van der Waals surface area contributed by atoms with Crippen molar-refractivity contribution in [2.45, 2.75) is 6.73 Å². The van der Waals surface area contributed by atoms with E-state index in [1.54, 1.807) is 0 Å². The zero-order chi connectivity index (χ0) is 19.8. The Morgan fingerprint density at radius 3 is 2.24 bits per heavy atom. The van der Waals surface area contributed by atoms with Crippen LogP contribution in [0.1, 0.15) is 0 Å². The number of hydrogen-bond acceptors (Lipinski definition) is 7. The molecule has 0 amide bonds. The second-order valence-electron chi connectivity index (χ2n) is 5.32. The Bertz CT molecular complexity index is 1120. The largest absolute Gasteiger partial charge is 1.00 e. The molecule has 1 N–H and O–H groups in total. The maximum Gasteiger partial charge on any atom is 1.00 e. The van der Waals surface area contributed by atoms with Crippen LogP contribution >= 0.6 is 42.6 Å². The standard InChI is InChI=1S/C15H11Cl3N3O5P.2Na/c16-8-1-2-12-13(6-8)20-15(19-11-4-9(17)3-10(18)5-11)21(14(12)22)7-26-27(23,24)25;;/h1-6H,7H2,(H,19,20)(H2,23,24,25);;/q;2*+1/p-2. The minimum Gasteiger partial charge on any atom is -0.790 e. The van der Waals surface area contributed by atoms with Crippen LogP contribution in [-0.2, 0) is 15.8 Å². The average Bonchev–Trinajstić information content (AvgIpc) is 2.52. The van der Waals surface area contributed by atoms with Crippen LogP contribution in [-0.4, -0.2) is 9.55 Å². The summed E-state index contributed by atoms with van der Waals surface area (Å²) < 4.78 is 15.9. The molecule has 0 aliphatic heterocycles. The molecule has 1 aromatic heterocycles. The first-order valence-electron chi connectivity index (χ1n) is 7.22. The van der Waals surface area contributed by atoms with Crippen molar-refractivity contribution in [3.05, 3.63) is 61.8 Å². The van der Waals surface area contributed by atoms with E-state index in [1.165, 1.54) is 36.4 Å². The molecular formula is C15H9Cl3N3Na2O5P. The Morgan fingerprint density at radius 1 is 1.03 bits per heavy atom. The first-order valence-corrected chi connectivity index (χ1v) is 9.82. The van der Waals surface area contributed by atoms with Gasteiger partial charge in [-0.25, -0.2) is 4.98 Å². The van der Waals surface area contributed by atoms with Gasteiger partial charge >= 0.3 is 59.1 Å². The molecular weight excluding hydrogens is 485 g/mol. The Hall–Kier alpha value is 0.360. The molecule has 0 radical (unpaired) electrons. The van der Waals surface area contributed by atoms with Crippen molar-refractivity contribution in [2.24, 2.45) is 0 Å². The molecule has 0 unspecified atom stereocenters. The van der Waals surface area contributed by atoms with Crippen LogP contribution < -0.4 is 79.8 Å². The van der Waals surface area contributed by atoms with Crippen molar-refractivity contribution in [1.82, 2.24) is 9.55 Å². The van der Waals surface area contributed by atoms with Gasteiger partial charge < -0.3 is 24.2 Å². The molecule has 0 aliphatic carbocycles. The summed E-state index contributed by atoms with van der Waals surface area (Å²) in [6.07, 6.45) is 0. The summed E-state index contributed by atoms with van der Waals surface area (Å²) in [5.41, 5.74) is -0.00509. The van der Waals surface area contributed by atoms with Gasteiger partial charge in [0.25, 0.3) is 5.56 Å². The van der Waals surface area contributed by atoms with Gasteiger partial charge in [-0.05, 0) is 36.4 Å². The molecule has 0 aliphatic rings. The number of nitrogens with one attached hydrogen (secondary N) is 1. The van der Waals surface area contributed by atoms with E-state index >= 15 is 0 Å². The normalized spacial score (nSPS) is 10.9. The summed E-state index contributed by atoms with van der Waals surface area (Å²) >= 11 is 17.8. The van der Waals surface area contributed by atoms with Gasteiger partial charge in [0.15, 0.2) is 0 Å². The van der Waals surface area contributed by atoms with Crippen molar-refractivity contribution in [2.75, 3.05) is 5.32 Å². The summed E-state index contributed by atoms with van der Waals surface area (Å²) in [4.78, 5) is 38.6. The fraction of sp³-hybridized carbons (Fsp3) is 0.0667. The van der Waals surface area contributed by atoms with Crippen LogP contribution in [0.3, 0.4) is 0 Å². The number of aromatic nitrogens is 2. The zero-order valence-corrected chi connectivity index (χ0v) is 22.4. The van der Waals surface area contributed by atoms with Gasteiger partial charge in [-0.3, -0.25) is 9.36 Å². The number of rotatable bonds is 5. The van der Waals surface area contributed by atoms with Gasteiger partial charge in [0, 0.05) is 20.8 Å². The molecule has 0 atom stereocenters. The van der Waals surface area contributed by atoms with Gasteiger partial charge in [-0.15, -0.1) is 0 Å². The molecule has 142 valence electrons. The van der Waals surface area contributed by atoms with Crippen LogP contribution in [0.4, 0.5) is 11.6 Å². The molecule has 0 saturated heterocycles. The van der Waals surface area contributed by atoms with Crippen molar-refractivity contribution >= 4 is 65.2 Å². The quantitative estimate of drug-likeness (QED) is 0.295. The minimum absolute atomic E-state index is 0. The number of benzene rings is 2. The minimum atomic E-state index is -5.32. The molecule has 0 spiro atoms. The summed E-state index contributed by atoms with van der Waals surface area (Å²) in [5, 5.41) is 3.96. The maximum atomic E-state index is 12.7. The maximum absolute atomic E-state index is 12.7. The summed E-state index contributed by atoms with van der Waals surface area (Å²) in [6, 6.07) is 8.90. The fourth-order valence-electron chi connectivity index (χ4n) is 2.29. The van der Waals surface area contributed by atoms with E-state index in [1.807, 2.05) is 0 Å². The molecule has 3 aromatic rings. The van der Waals surface area contributed by atoms with E-state index in [0.29, 0.717) is 20.8 Å². The number of hydrogen-bond donors (Lipinski definition) is 1. The predicted octanol–water partition coefficient (Wildman–Crippen LogP) is -3.09. The number of phosphoric acid groups is 1. The molecule has 1 heterocycles. The predicted molar refractivity (Wildman–Crippen MR) is 99.4 cm³/mol. The summed E-state index contributed by atoms with van der Waals surface area (Å²) in [7, 11) is -5.32. The third kappa shape index (κ3) is 7.47. The first kappa shape index (κ1) is 27.4. The van der Waals surface area contributed by atoms with Crippen LogP contribution in [0.15, 0.2) is 41.2 Å².